The topological polar surface area (TPSA) is 83.4 Å². The van der Waals surface area contributed by atoms with Gasteiger partial charge in [-0.05, 0) is 55.2 Å². The number of hydrogen-bond acceptors (Lipinski definition) is 4. The van der Waals surface area contributed by atoms with Crippen LogP contribution in [0.15, 0.2) is 72.8 Å². The minimum absolute atomic E-state index is 0.0212. The van der Waals surface area contributed by atoms with Gasteiger partial charge in [0.2, 0.25) is 0 Å². The highest BCUT2D eigenvalue weighted by molar-refractivity contribution is 6.30. The number of halogens is 1. The van der Waals surface area contributed by atoms with Gasteiger partial charge in [-0.2, -0.15) is 0 Å². The minimum atomic E-state index is -0.797. The molecule has 1 aliphatic heterocycles. The summed E-state index contributed by atoms with van der Waals surface area (Å²) in [6, 6.07) is 23.1. The van der Waals surface area contributed by atoms with Crippen LogP contribution in [0.4, 0.5) is 0 Å². The van der Waals surface area contributed by atoms with Crippen molar-refractivity contribution < 1.29 is 14.7 Å². The number of rotatable bonds is 8. The fraction of sp³-hybridized carbons (Fsp3) is 0.241. The number of likely N-dealkylation sites (tertiary alicyclic amines) is 1. The Balaban J connectivity index is 1.38. The van der Waals surface area contributed by atoms with Crippen LogP contribution in [0, 0.1) is 0 Å². The van der Waals surface area contributed by atoms with Crippen LogP contribution in [0.3, 0.4) is 0 Å². The van der Waals surface area contributed by atoms with Crippen LogP contribution in [0.2, 0.25) is 5.02 Å². The first-order valence-electron chi connectivity index (χ1n) is 12.1. The maximum atomic E-state index is 13.2. The molecule has 3 aromatic carbocycles. The molecule has 4 aromatic rings. The van der Waals surface area contributed by atoms with Gasteiger partial charge in [0.15, 0.2) is 0 Å². The Morgan fingerprint density at radius 2 is 1.72 bits per heavy atom. The number of hydrogen-bond donors (Lipinski definition) is 1. The molecule has 1 aliphatic rings. The maximum absolute atomic E-state index is 13.2. The number of aromatic nitrogens is 2. The van der Waals surface area contributed by atoms with Gasteiger partial charge in [-0.15, -0.1) is 0 Å². The monoisotopic (exact) mass is 499 g/mol. The molecule has 1 fully saturated rings. The van der Waals surface area contributed by atoms with Gasteiger partial charge in [0.05, 0.1) is 22.4 Å². The highest BCUT2D eigenvalue weighted by Crippen LogP contribution is 2.31. The number of nitrogens with zero attached hydrogens (tertiary/aromatic N) is 3. The molecule has 0 aliphatic carbocycles. The fourth-order valence-electron chi connectivity index (χ4n) is 4.59. The van der Waals surface area contributed by atoms with Crippen molar-refractivity contribution in [3.8, 4) is 11.3 Å². The van der Waals surface area contributed by atoms with Crippen LogP contribution in [0.25, 0.3) is 22.3 Å². The predicted octanol–water partition coefficient (Wildman–Crippen LogP) is 5.99. The van der Waals surface area contributed by atoms with Gasteiger partial charge in [0.1, 0.15) is 0 Å². The maximum Gasteiger partial charge on any atom is 0.303 e. The molecule has 36 heavy (non-hydrogen) atoms. The Morgan fingerprint density at radius 1 is 0.917 bits per heavy atom. The molecule has 5 rings (SSSR count). The van der Waals surface area contributed by atoms with Gasteiger partial charge in [0, 0.05) is 41.6 Å². The van der Waals surface area contributed by atoms with E-state index in [1.54, 1.807) is 0 Å². The zero-order chi connectivity index (χ0) is 25.1. The van der Waals surface area contributed by atoms with E-state index in [0.717, 1.165) is 28.0 Å². The van der Waals surface area contributed by atoms with E-state index >= 15 is 0 Å². The largest absolute Gasteiger partial charge is 0.481 e. The number of carboxylic acids is 1. The van der Waals surface area contributed by atoms with E-state index in [2.05, 4.69) is 0 Å². The third-order valence-electron chi connectivity index (χ3n) is 6.57. The zero-order valence-electron chi connectivity index (χ0n) is 19.7. The number of amides is 1. The van der Waals surface area contributed by atoms with Crippen LogP contribution in [0.5, 0.6) is 0 Å². The first-order chi connectivity index (χ1) is 17.5. The first kappa shape index (κ1) is 23.9. The van der Waals surface area contributed by atoms with Crippen LogP contribution in [0.1, 0.15) is 46.8 Å². The summed E-state index contributed by atoms with van der Waals surface area (Å²) in [7, 11) is 0. The third kappa shape index (κ3) is 5.24. The number of carbonyl (C=O) groups is 2. The third-order valence-corrected chi connectivity index (χ3v) is 6.81. The number of carboxylic acid groups (broad SMARTS) is 1. The average molecular weight is 500 g/mol. The van der Waals surface area contributed by atoms with Gasteiger partial charge < -0.3 is 10.0 Å². The van der Waals surface area contributed by atoms with Crippen LogP contribution in [-0.4, -0.2) is 44.9 Å². The van der Waals surface area contributed by atoms with E-state index in [1.165, 1.54) is 0 Å². The summed E-state index contributed by atoms with van der Waals surface area (Å²) in [5, 5.41) is 9.67. The fourth-order valence-corrected chi connectivity index (χ4v) is 4.79. The van der Waals surface area contributed by atoms with E-state index < -0.39 is 5.97 Å². The summed E-state index contributed by atoms with van der Waals surface area (Å²) in [5.74, 6) is -0.527. The lowest BCUT2D eigenvalue weighted by Gasteiger charge is -2.39. The van der Waals surface area contributed by atoms with Gasteiger partial charge in [-0.3, -0.25) is 9.59 Å². The zero-order valence-corrected chi connectivity index (χ0v) is 20.5. The Bertz CT molecular complexity index is 1420. The standard InChI is InChI=1S/C29H26ClN3O3/c30-23-10-6-9-20(15-23)22-17-33(18-22)29(36)21-13-14-24-26(16-21)31-25(11-4-5-12-27(34)35)28(32-24)19-7-2-1-3-8-19/h1-3,6-10,13-16,22H,4-5,11-12,17-18H2,(H,34,35). The quantitative estimate of drug-likeness (QED) is 0.301. The van der Waals surface area contributed by atoms with E-state index in [1.807, 2.05) is 77.7 Å². The Labute approximate surface area is 214 Å². The van der Waals surface area contributed by atoms with Crippen molar-refractivity contribution in [2.45, 2.75) is 31.6 Å². The Kier molecular flexibility index (Phi) is 6.96. The number of aryl methyl sites for hydroxylation is 1. The summed E-state index contributed by atoms with van der Waals surface area (Å²) < 4.78 is 0. The molecule has 0 radical (unpaired) electrons. The number of benzene rings is 3. The normalized spacial score (nSPS) is 13.5. The van der Waals surface area contributed by atoms with E-state index in [4.69, 9.17) is 26.7 Å². The molecule has 1 aromatic heterocycles. The highest BCUT2D eigenvalue weighted by atomic mass is 35.5. The SMILES string of the molecule is O=C(O)CCCCc1nc2cc(C(=O)N3CC(c4cccc(Cl)c4)C3)ccc2nc1-c1ccccc1. The van der Waals surface area contributed by atoms with Crippen molar-refractivity contribution in [1.82, 2.24) is 14.9 Å². The highest BCUT2D eigenvalue weighted by Gasteiger charge is 2.32. The van der Waals surface area contributed by atoms with Crippen molar-refractivity contribution in [1.29, 1.82) is 0 Å². The molecule has 1 saturated heterocycles. The molecule has 182 valence electrons. The lowest BCUT2D eigenvalue weighted by Crippen LogP contribution is -2.48. The summed E-state index contributed by atoms with van der Waals surface area (Å²) in [4.78, 5) is 35.7. The molecular weight excluding hydrogens is 474 g/mol. The van der Waals surface area contributed by atoms with Crippen molar-refractivity contribution >= 4 is 34.5 Å². The van der Waals surface area contributed by atoms with Crippen LogP contribution < -0.4 is 0 Å². The Hall–Kier alpha value is -3.77. The Morgan fingerprint density at radius 3 is 2.47 bits per heavy atom. The molecule has 1 N–H and O–H groups in total. The second-order valence-electron chi connectivity index (χ2n) is 9.15. The summed E-state index contributed by atoms with van der Waals surface area (Å²) in [6.07, 6.45) is 2.02. The molecular formula is C29H26ClN3O3. The molecule has 2 heterocycles. The number of carbonyl (C=O) groups excluding carboxylic acids is 1. The lowest BCUT2D eigenvalue weighted by atomic mass is 9.91. The van der Waals surface area contributed by atoms with Crippen LogP contribution >= 0.6 is 11.6 Å². The van der Waals surface area contributed by atoms with E-state index in [0.29, 0.717) is 54.4 Å². The number of aliphatic carboxylic acids is 1. The average Bonchev–Trinajstić information content (AvgIpc) is 2.85. The van der Waals surface area contributed by atoms with E-state index in [9.17, 15) is 9.59 Å². The van der Waals surface area contributed by atoms with Crippen molar-refractivity contribution in [2.24, 2.45) is 0 Å². The minimum Gasteiger partial charge on any atom is -0.481 e. The molecule has 7 heteroatoms. The first-order valence-corrected chi connectivity index (χ1v) is 12.5. The molecule has 6 nitrogen and oxygen atoms in total. The summed E-state index contributed by atoms with van der Waals surface area (Å²) in [6.45, 7) is 1.31. The predicted molar refractivity (Wildman–Crippen MR) is 140 cm³/mol. The number of fused-ring (bicyclic) bond motifs is 1. The molecule has 0 unspecified atom stereocenters. The second kappa shape index (κ2) is 10.5. The smallest absolute Gasteiger partial charge is 0.303 e. The van der Waals surface area contributed by atoms with Crippen molar-refractivity contribution in [2.75, 3.05) is 13.1 Å². The molecule has 0 atom stereocenters. The summed E-state index contributed by atoms with van der Waals surface area (Å²) in [5.41, 5.74) is 5.70. The lowest BCUT2D eigenvalue weighted by molar-refractivity contribution is -0.137. The van der Waals surface area contributed by atoms with E-state index in [-0.39, 0.29) is 12.3 Å². The van der Waals surface area contributed by atoms with Crippen LogP contribution in [-0.2, 0) is 11.2 Å². The van der Waals surface area contributed by atoms with Crippen molar-refractivity contribution in [3.63, 3.8) is 0 Å². The van der Waals surface area contributed by atoms with Gasteiger partial charge in [0.25, 0.3) is 5.91 Å². The molecule has 0 saturated carbocycles. The molecule has 0 bridgehead atoms. The van der Waals surface area contributed by atoms with Gasteiger partial charge in [-0.25, -0.2) is 9.97 Å². The molecule has 0 spiro atoms. The summed E-state index contributed by atoms with van der Waals surface area (Å²) >= 11 is 6.12. The number of unbranched alkanes of at least 4 members (excludes halogenated alkanes) is 1. The van der Waals surface area contributed by atoms with Crippen molar-refractivity contribution in [3.05, 3.63) is 94.6 Å². The van der Waals surface area contributed by atoms with Gasteiger partial charge >= 0.3 is 5.97 Å². The van der Waals surface area contributed by atoms with Gasteiger partial charge in [-0.1, -0.05) is 54.1 Å². The second-order valence-corrected chi connectivity index (χ2v) is 9.59. The molecule has 1 amide bonds.